The highest BCUT2D eigenvalue weighted by Crippen LogP contribution is 2.21. The van der Waals surface area contributed by atoms with Gasteiger partial charge in [0.2, 0.25) is 0 Å². The van der Waals surface area contributed by atoms with Crippen LogP contribution in [0.1, 0.15) is 40.5 Å². The van der Waals surface area contributed by atoms with E-state index in [-0.39, 0.29) is 12.6 Å². The number of nitrogens with one attached hydrogen (secondary N) is 1. The van der Waals surface area contributed by atoms with E-state index in [1.807, 2.05) is 0 Å². The SMILES string of the molecule is CCCB1NC(C)(C)CC(C)O1. The Labute approximate surface area is 76.2 Å². The van der Waals surface area contributed by atoms with Crippen LogP contribution >= 0.6 is 0 Å². The van der Waals surface area contributed by atoms with Crippen LogP contribution in [0.4, 0.5) is 0 Å². The molecule has 0 amide bonds. The fourth-order valence-electron chi connectivity index (χ4n) is 1.98. The highest BCUT2D eigenvalue weighted by atomic mass is 16.5. The van der Waals surface area contributed by atoms with Gasteiger partial charge in [-0.3, -0.25) is 0 Å². The van der Waals surface area contributed by atoms with E-state index in [2.05, 4.69) is 32.9 Å². The number of hydrogen-bond donors (Lipinski definition) is 1. The van der Waals surface area contributed by atoms with Crippen molar-refractivity contribution in [3.8, 4) is 0 Å². The molecule has 0 aliphatic carbocycles. The highest BCUT2D eigenvalue weighted by molar-refractivity contribution is 6.49. The minimum Gasteiger partial charge on any atom is -0.419 e. The van der Waals surface area contributed by atoms with Crippen LogP contribution in [0.15, 0.2) is 0 Å². The summed E-state index contributed by atoms with van der Waals surface area (Å²) in [5.74, 6) is 0. The van der Waals surface area contributed by atoms with Crippen molar-refractivity contribution in [3.05, 3.63) is 0 Å². The second-order valence-electron chi connectivity index (χ2n) is 4.46. The molecule has 12 heavy (non-hydrogen) atoms. The van der Waals surface area contributed by atoms with Crippen molar-refractivity contribution in [1.29, 1.82) is 0 Å². The van der Waals surface area contributed by atoms with Crippen LogP contribution < -0.4 is 5.23 Å². The quantitative estimate of drug-likeness (QED) is 0.639. The lowest BCUT2D eigenvalue weighted by atomic mass is 9.71. The molecule has 3 heteroatoms. The Hall–Kier alpha value is -0.0151. The van der Waals surface area contributed by atoms with Crippen molar-refractivity contribution in [3.63, 3.8) is 0 Å². The smallest absolute Gasteiger partial charge is 0.380 e. The first-order valence-electron chi connectivity index (χ1n) is 4.96. The molecule has 2 nitrogen and oxygen atoms in total. The summed E-state index contributed by atoms with van der Waals surface area (Å²) in [6.45, 7) is 8.84. The minimum absolute atomic E-state index is 0.248. The average molecular weight is 169 g/mol. The summed E-state index contributed by atoms with van der Waals surface area (Å²) >= 11 is 0. The molecule has 70 valence electrons. The third-order valence-corrected chi connectivity index (χ3v) is 2.30. The molecule has 0 bridgehead atoms. The van der Waals surface area contributed by atoms with Gasteiger partial charge in [-0.05, 0) is 33.5 Å². The Kier molecular flexibility index (Phi) is 3.19. The van der Waals surface area contributed by atoms with Gasteiger partial charge in [-0.15, -0.1) is 0 Å². The first-order valence-corrected chi connectivity index (χ1v) is 4.96. The van der Waals surface area contributed by atoms with E-state index in [9.17, 15) is 0 Å². The molecule has 0 spiro atoms. The van der Waals surface area contributed by atoms with Gasteiger partial charge in [0.15, 0.2) is 0 Å². The maximum absolute atomic E-state index is 5.75. The van der Waals surface area contributed by atoms with Crippen molar-refractivity contribution in [1.82, 2.24) is 5.23 Å². The molecular weight excluding hydrogens is 149 g/mol. The summed E-state index contributed by atoms with van der Waals surface area (Å²) in [6.07, 6.45) is 3.80. The van der Waals surface area contributed by atoms with E-state index in [4.69, 9.17) is 4.65 Å². The third kappa shape index (κ3) is 2.79. The summed E-state index contributed by atoms with van der Waals surface area (Å²) in [7, 11) is 0.272. The van der Waals surface area contributed by atoms with Crippen LogP contribution in [-0.2, 0) is 4.65 Å². The summed E-state index contributed by atoms with van der Waals surface area (Å²) < 4.78 is 5.75. The second-order valence-corrected chi connectivity index (χ2v) is 4.46. The molecule has 1 heterocycles. The molecule has 0 aromatic carbocycles. The van der Waals surface area contributed by atoms with Gasteiger partial charge in [0.05, 0.1) is 0 Å². The molecule has 1 N–H and O–H groups in total. The molecule has 1 saturated heterocycles. The lowest BCUT2D eigenvalue weighted by Gasteiger charge is -2.39. The number of rotatable bonds is 2. The molecule has 1 aliphatic rings. The van der Waals surface area contributed by atoms with E-state index in [1.165, 1.54) is 6.42 Å². The van der Waals surface area contributed by atoms with Gasteiger partial charge >= 0.3 is 7.05 Å². The van der Waals surface area contributed by atoms with Crippen molar-refractivity contribution in [2.45, 2.75) is 58.5 Å². The van der Waals surface area contributed by atoms with E-state index in [0.717, 1.165) is 12.7 Å². The maximum Gasteiger partial charge on any atom is 0.380 e. The summed E-state index contributed by atoms with van der Waals surface area (Å²) in [5, 5.41) is 3.50. The topological polar surface area (TPSA) is 21.3 Å². The van der Waals surface area contributed by atoms with E-state index in [0.29, 0.717) is 6.10 Å². The molecule has 1 rings (SSSR count). The van der Waals surface area contributed by atoms with Crippen molar-refractivity contribution in [2.75, 3.05) is 0 Å². The molecular formula is C9H20BNO. The fraction of sp³-hybridized carbons (Fsp3) is 1.00. The van der Waals surface area contributed by atoms with Gasteiger partial charge in [0, 0.05) is 11.6 Å². The molecule has 0 aromatic rings. The Morgan fingerprint density at radius 1 is 1.58 bits per heavy atom. The summed E-state index contributed by atoms with van der Waals surface area (Å²) in [6, 6.07) is 0. The van der Waals surface area contributed by atoms with Crippen LogP contribution in [0.25, 0.3) is 0 Å². The van der Waals surface area contributed by atoms with E-state index >= 15 is 0 Å². The van der Waals surface area contributed by atoms with Crippen LogP contribution in [0.5, 0.6) is 0 Å². The summed E-state index contributed by atoms with van der Waals surface area (Å²) in [5.41, 5.74) is 0.248. The normalized spacial score (nSPS) is 29.0. The molecule has 1 fully saturated rings. The zero-order chi connectivity index (χ0) is 9.19. The average Bonchev–Trinajstić information content (AvgIpc) is 1.82. The van der Waals surface area contributed by atoms with Crippen molar-refractivity contribution >= 4 is 7.05 Å². The third-order valence-electron chi connectivity index (χ3n) is 2.30. The largest absolute Gasteiger partial charge is 0.419 e. The molecule has 0 saturated carbocycles. The Morgan fingerprint density at radius 3 is 2.75 bits per heavy atom. The lowest BCUT2D eigenvalue weighted by molar-refractivity contribution is 0.131. The zero-order valence-corrected chi connectivity index (χ0v) is 8.68. The molecule has 1 aliphatic heterocycles. The Morgan fingerprint density at radius 2 is 2.25 bits per heavy atom. The zero-order valence-electron chi connectivity index (χ0n) is 8.68. The Balaban J connectivity index is 2.46. The first kappa shape index (κ1) is 10.1. The molecule has 1 atom stereocenters. The van der Waals surface area contributed by atoms with E-state index in [1.54, 1.807) is 0 Å². The highest BCUT2D eigenvalue weighted by Gasteiger charge is 2.33. The predicted molar refractivity (Wildman–Crippen MR) is 53.2 cm³/mol. The molecule has 0 radical (unpaired) electrons. The van der Waals surface area contributed by atoms with Gasteiger partial charge in [-0.25, -0.2) is 0 Å². The minimum atomic E-state index is 0.248. The standard InChI is InChI=1S/C9H20BNO/c1-5-6-10-11-9(3,4)7-8(2)12-10/h8,11H,5-7H2,1-4H3. The second kappa shape index (κ2) is 3.80. The van der Waals surface area contributed by atoms with Crippen molar-refractivity contribution < 1.29 is 4.65 Å². The van der Waals surface area contributed by atoms with Crippen molar-refractivity contribution in [2.24, 2.45) is 0 Å². The monoisotopic (exact) mass is 169 g/mol. The van der Waals surface area contributed by atoms with Gasteiger partial charge in [0.25, 0.3) is 0 Å². The van der Waals surface area contributed by atoms with Crippen LogP contribution in [0.3, 0.4) is 0 Å². The molecule has 0 aromatic heterocycles. The number of hydrogen-bond acceptors (Lipinski definition) is 2. The molecule has 1 unspecified atom stereocenters. The Bertz CT molecular complexity index is 149. The fourth-order valence-corrected chi connectivity index (χ4v) is 1.98. The van der Waals surface area contributed by atoms with Gasteiger partial charge in [-0.2, -0.15) is 0 Å². The van der Waals surface area contributed by atoms with Crippen LogP contribution in [0.2, 0.25) is 6.32 Å². The van der Waals surface area contributed by atoms with Gasteiger partial charge < -0.3 is 9.88 Å². The predicted octanol–water partition coefficient (Wildman–Crippen LogP) is 2.06. The first-order chi connectivity index (χ1) is 5.53. The summed E-state index contributed by atoms with van der Waals surface area (Å²) in [4.78, 5) is 0. The lowest BCUT2D eigenvalue weighted by Crippen LogP contribution is -2.57. The van der Waals surface area contributed by atoms with Gasteiger partial charge in [-0.1, -0.05) is 13.3 Å². The maximum atomic E-state index is 5.75. The van der Waals surface area contributed by atoms with Crippen LogP contribution in [0, 0.1) is 0 Å². The van der Waals surface area contributed by atoms with Crippen LogP contribution in [-0.4, -0.2) is 18.7 Å². The van der Waals surface area contributed by atoms with Gasteiger partial charge in [0.1, 0.15) is 0 Å². The van der Waals surface area contributed by atoms with E-state index < -0.39 is 0 Å².